The van der Waals surface area contributed by atoms with Crippen molar-refractivity contribution in [1.29, 1.82) is 0 Å². The number of benzene rings is 4. The number of rotatable bonds is 10. The minimum Gasteiger partial charge on any atom is -0.447 e. The Morgan fingerprint density at radius 2 is 1.50 bits per heavy atom. The zero-order valence-corrected chi connectivity index (χ0v) is 26.7. The molecule has 256 valence electrons. The quantitative estimate of drug-likeness (QED) is 0.205. The highest BCUT2D eigenvalue weighted by Crippen LogP contribution is 2.36. The van der Waals surface area contributed by atoms with E-state index < -0.39 is 66.9 Å². The number of hydrogen-bond acceptors (Lipinski definition) is 6. The summed E-state index contributed by atoms with van der Waals surface area (Å²) in [5.41, 5.74) is 3.05. The van der Waals surface area contributed by atoms with Crippen molar-refractivity contribution in [3.05, 3.63) is 138 Å². The van der Waals surface area contributed by atoms with Gasteiger partial charge >= 0.3 is 12.3 Å². The average Bonchev–Trinajstić information content (AvgIpc) is 3.41. The molecule has 12 heteroatoms. The van der Waals surface area contributed by atoms with Gasteiger partial charge in [-0.1, -0.05) is 109 Å². The summed E-state index contributed by atoms with van der Waals surface area (Å²) in [4.78, 5) is 60.9. The summed E-state index contributed by atoms with van der Waals surface area (Å²) < 4.78 is 46.6. The number of aliphatic imine (C=N–C) groups is 1. The third kappa shape index (κ3) is 7.75. The third-order valence-electron chi connectivity index (χ3n) is 8.69. The maximum absolute atomic E-state index is 14.5. The second kappa shape index (κ2) is 14.8. The van der Waals surface area contributed by atoms with Crippen LogP contribution in [-0.4, -0.2) is 59.4 Å². The number of fused-ring (bicyclic) bond motifs is 1. The van der Waals surface area contributed by atoms with Gasteiger partial charge in [0.25, 0.3) is 5.91 Å². The molecule has 9 nitrogen and oxygen atoms in total. The zero-order valence-electron chi connectivity index (χ0n) is 26.7. The fraction of sp³-hybridized carbons (Fsp3) is 0.237. The van der Waals surface area contributed by atoms with Crippen molar-refractivity contribution in [1.82, 2.24) is 10.2 Å². The molecule has 4 atom stereocenters. The maximum atomic E-state index is 14.5. The summed E-state index contributed by atoms with van der Waals surface area (Å²) in [7, 11) is 0. The Hall–Kier alpha value is -5.78. The molecule has 0 spiro atoms. The lowest BCUT2D eigenvalue weighted by Gasteiger charge is -2.31. The van der Waals surface area contributed by atoms with E-state index in [0.29, 0.717) is 22.5 Å². The molecule has 2 aliphatic heterocycles. The molecule has 0 saturated carbocycles. The van der Waals surface area contributed by atoms with Crippen LogP contribution in [0.3, 0.4) is 0 Å². The van der Waals surface area contributed by atoms with E-state index in [1.807, 2.05) is 24.3 Å². The van der Waals surface area contributed by atoms with Gasteiger partial charge in [0, 0.05) is 17.5 Å². The Kier molecular flexibility index (Phi) is 10.1. The Morgan fingerprint density at radius 3 is 2.18 bits per heavy atom. The molecule has 0 aliphatic carbocycles. The maximum Gasteiger partial charge on any atom is 0.417 e. The fourth-order valence-corrected chi connectivity index (χ4v) is 6.32. The van der Waals surface area contributed by atoms with Gasteiger partial charge in [-0.25, -0.2) is 14.7 Å². The van der Waals surface area contributed by atoms with Crippen LogP contribution in [0.2, 0.25) is 0 Å². The van der Waals surface area contributed by atoms with E-state index in [9.17, 15) is 32.3 Å². The molecule has 2 heterocycles. The van der Waals surface area contributed by atoms with Crippen LogP contribution >= 0.6 is 0 Å². The Labute approximate surface area is 286 Å². The highest BCUT2D eigenvalue weighted by molar-refractivity contribution is 6.19. The largest absolute Gasteiger partial charge is 0.447 e. The Balaban J connectivity index is 1.38. The first-order valence-corrected chi connectivity index (χ1v) is 16.1. The zero-order chi connectivity index (χ0) is 35.3. The Morgan fingerprint density at radius 1 is 0.880 bits per heavy atom. The molecule has 4 amide bonds. The summed E-state index contributed by atoms with van der Waals surface area (Å²) in [6.45, 7) is -0.125. The van der Waals surface area contributed by atoms with E-state index >= 15 is 0 Å². The molecule has 1 saturated heterocycles. The lowest BCUT2D eigenvalue weighted by Crippen LogP contribution is -2.50. The predicted octanol–water partition coefficient (Wildman–Crippen LogP) is 6.25. The van der Waals surface area contributed by atoms with Crippen LogP contribution in [0.1, 0.15) is 41.0 Å². The van der Waals surface area contributed by atoms with Gasteiger partial charge in [0.15, 0.2) is 0 Å². The van der Waals surface area contributed by atoms with Crippen LogP contribution in [0.5, 0.6) is 0 Å². The smallest absolute Gasteiger partial charge is 0.417 e. The number of nitrogens with one attached hydrogen (secondary N) is 2. The number of amides is 4. The second-order valence-electron chi connectivity index (χ2n) is 12.1. The molecule has 50 heavy (non-hydrogen) atoms. The van der Waals surface area contributed by atoms with Crippen LogP contribution in [-0.2, 0) is 25.5 Å². The van der Waals surface area contributed by atoms with E-state index in [-0.39, 0.29) is 18.6 Å². The molecule has 2 aliphatic rings. The minimum absolute atomic E-state index is 0.125. The van der Waals surface area contributed by atoms with Crippen molar-refractivity contribution < 1.29 is 37.1 Å². The number of hydrogen-bond donors (Lipinski definition) is 2. The van der Waals surface area contributed by atoms with E-state index in [4.69, 9.17) is 4.74 Å². The average molecular weight is 683 g/mol. The summed E-state index contributed by atoms with van der Waals surface area (Å²) in [6.07, 6.45) is -9.17. The van der Waals surface area contributed by atoms with Crippen molar-refractivity contribution in [3.63, 3.8) is 0 Å². The summed E-state index contributed by atoms with van der Waals surface area (Å²) in [6, 6.07) is 32.0. The van der Waals surface area contributed by atoms with Gasteiger partial charge < -0.3 is 15.4 Å². The number of anilines is 1. The number of alkyl halides is 3. The highest BCUT2D eigenvalue weighted by atomic mass is 19.4. The van der Waals surface area contributed by atoms with Crippen molar-refractivity contribution in [2.45, 2.75) is 43.6 Å². The molecule has 4 aromatic carbocycles. The SMILES string of the molecule is O=C1Nc2ccccc2C(c2ccccc2)=N[C@@H]1NC(=O)[C@H](CCC(F)(F)F)[C@@H](C(=O)N1C(=O)OC[C@H]1Cc1ccccc1)c1ccccc1. The van der Waals surface area contributed by atoms with E-state index in [1.54, 1.807) is 78.9 Å². The minimum atomic E-state index is -4.68. The van der Waals surface area contributed by atoms with Gasteiger partial charge in [-0.05, 0) is 30.0 Å². The number of cyclic esters (lactones) is 1. The van der Waals surface area contributed by atoms with Gasteiger partial charge in [0.1, 0.15) is 6.61 Å². The lowest BCUT2D eigenvalue weighted by atomic mass is 9.81. The molecular formula is C38H33F3N4O5. The van der Waals surface area contributed by atoms with Gasteiger partial charge in [0.05, 0.1) is 29.3 Å². The summed E-state index contributed by atoms with van der Waals surface area (Å²) in [5, 5.41) is 5.30. The van der Waals surface area contributed by atoms with E-state index in [0.717, 1.165) is 10.5 Å². The molecular weight excluding hydrogens is 649 g/mol. The number of carbonyl (C=O) groups excluding carboxylic acids is 4. The normalized spacial score (nSPS) is 18.5. The number of carbonyl (C=O) groups is 4. The second-order valence-corrected chi connectivity index (χ2v) is 12.1. The lowest BCUT2D eigenvalue weighted by molar-refractivity contribution is -0.147. The van der Waals surface area contributed by atoms with Crippen LogP contribution in [0.15, 0.2) is 120 Å². The van der Waals surface area contributed by atoms with Gasteiger partial charge in [-0.3, -0.25) is 14.4 Å². The summed E-state index contributed by atoms with van der Waals surface area (Å²) in [5.74, 6) is -5.81. The first-order chi connectivity index (χ1) is 24.1. The standard InChI is InChI=1S/C38H33F3N4O5/c39-38(40,41)21-20-29(34(46)44-33-35(47)42-30-19-11-10-18-28(30)32(43-33)26-16-8-3-9-17-26)31(25-14-6-2-7-15-25)36(48)45-27(23-50-37(45)49)22-24-12-4-1-5-13-24/h1-19,27,29,31,33H,20-23H2,(H,42,47)(H,44,46)/t27-,29-,31+,33-/m1/s1. The number of para-hydroxylation sites is 1. The predicted molar refractivity (Wildman–Crippen MR) is 179 cm³/mol. The van der Waals surface area contributed by atoms with Crippen molar-refractivity contribution in [2.75, 3.05) is 11.9 Å². The monoisotopic (exact) mass is 682 g/mol. The first kappa shape index (κ1) is 34.1. The number of nitrogens with zero attached hydrogens (tertiary/aromatic N) is 2. The van der Waals surface area contributed by atoms with Crippen LogP contribution in [0.4, 0.5) is 23.7 Å². The molecule has 0 radical (unpaired) electrons. The number of ether oxygens (including phenoxy) is 1. The van der Waals surface area contributed by atoms with Crippen LogP contribution in [0.25, 0.3) is 0 Å². The third-order valence-corrected chi connectivity index (χ3v) is 8.69. The molecule has 0 aromatic heterocycles. The molecule has 1 fully saturated rings. The van der Waals surface area contributed by atoms with Crippen molar-refractivity contribution >= 4 is 35.2 Å². The van der Waals surface area contributed by atoms with Crippen LogP contribution in [0, 0.1) is 5.92 Å². The fourth-order valence-electron chi connectivity index (χ4n) is 6.32. The number of halogens is 3. The van der Waals surface area contributed by atoms with Gasteiger partial charge in [0.2, 0.25) is 18.0 Å². The van der Waals surface area contributed by atoms with Gasteiger partial charge in [-0.2, -0.15) is 13.2 Å². The Bertz CT molecular complexity index is 1890. The number of imide groups is 1. The molecule has 0 unspecified atom stereocenters. The first-order valence-electron chi connectivity index (χ1n) is 16.1. The van der Waals surface area contributed by atoms with Gasteiger partial charge in [-0.15, -0.1) is 0 Å². The molecule has 6 rings (SSSR count). The van der Waals surface area contributed by atoms with E-state index in [1.165, 1.54) is 12.1 Å². The van der Waals surface area contributed by atoms with E-state index in [2.05, 4.69) is 15.6 Å². The molecule has 2 N–H and O–H groups in total. The van der Waals surface area contributed by atoms with Crippen molar-refractivity contribution in [3.8, 4) is 0 Å². The topological polar surface area (TPSA) is 117 Å². The highest BCUT2D eigenvalue weighted by Gasteiger charge is 2.46. The molecule has 0 bridgehead atoms. The van der Waals surface area contributed by atoms with Crippen molar-refractivity contribution in [2.24, 2.45) is 10.9 Å². The summed E-state index contributed by atoms with van der Waals surface area (Å²) >= 11 is 0. The molecule has 4 aromatic rings. The van der Waals surface area contributed by atoms with Crippen LogP contribution < -0.4 is 10.6 Å². The number of benzodiazepines with no additional fused rings is 1.